The summed E-state index contributed by atoms with van der Waals surface area (Å²) in [5.41, 5.74) is 1.76. The number of nitrogens with one attached hydrogen (secondary N) is 1. The van der Waals surface area contributed by atoms with Gasteiger partial charge in [-0.15, -0.1) is 0 Å². The van der Waals surface area contributed by atoms with Crippen LogP contribution in [0, 0.1) is 12.7 Å². The number of unbranched alkanes of at least 4 members (excludes halogenated alkanes) is 1. The van der Waals surface area contributed by atoms with Gasteiger partial charge in [0.15, 0.2) is 5.65 Å². The maximum absolute atomic E-state index is 14.1. The number of hydrogen-bond acceptors (Lipinski definition) is 5. The van der Waals surface area contributed by atoms with E-state index in [4.69, 9.17) is 0 Å². The van der Waals surface area contributed by atoms with Gasteiger partial charge in [-0.25, -0.2) is 19.0 Å². The molecule has 132 valence electrons. The Hall–Kier alpha value is -2.54. The highest BCUT2D eigenvalue weighted by Gasteiger charge is 2.16. The maximum atomic E-state index is 14.1. The van der Waals surface area contributed by atoms with Crippen molar-refractivity contribution in [2.75, 3.05) is 32.5 Å². The molecule has 25 heavy (non-hydrogen) atoms. The summed E-state index contributed by atoms with van der Waals surface area (Å²) in [6, 6.07) is 6.56. The van der Waals surface area contributed by atoms with Crippen LogP contribution in [0.2, 0.25) is 0 Å². The topological polar surface area (TPSA) is 58.9 Å². The predicted octanol–water partition coefficient (Wildman–Crippen LogP) is 3.02. The van der Waals surface area contributed by atoms with E-state index in [0.29, 0.717) is 11.3 Å². The number of rotatable bonds is 7. The van der Waals surface area contributed by atoms with Crippen LogP contribution in [0.25, 0.3) is 16.7 Å². The Labute approximate surface area is 146 Å². The highest BCUT2D eigenvalue weighted by molar-refractivity contribution is 5.90. The van der Waals surface area contributed by atoms with Gasteiger partial charge in [0.25, 0.3) is 0 Å². The van der Waals surface area contributed by atoms with Crippen molar-refractivity contribution in [2.24, 2.45) is 0 Å². The van der Waals surface area contributed by atoms with E-state index in [9.17, 15) is 4.39 Å². The highest BCUT2D eigenvalue weighted by atomic mass is 19.1. The molecule has 3 aromatic rings. The Bertz CT molecular complexity index is 858. The standard InChI is InChI=1S/C18H23FN6/c1-13-16-17(20-10-6-7-11-24(2)3)21-12-22-18(16)25(23-13)15-9-5-4-8-14(15)19/h4-5,8-9,12H,6-7,10-11H2,1-3H3,(H,20,21,22). The van der Waals surface area contributed by atoms with Crippen molar-refractivity contribution in [1.82, 2.24) is 24.6 Å². The van der Waals surface area contributed by atoms with Crippen molar-refractivity contribution in [3.63, 3.8) is 0 Å². The molecular weight excluding hydrogens is 319 g/mol. The summed E-state index contributed by atoms with van der Waals surface area (Å²) in [6.07, 6.45) is 3.65. The van der Waals surface area contributed by atoms with Crippen LogP contribution in [-0.4, -0.2) is 51.8 Å². The lowest BCUT2D eigenvalue weighted by molar-refractivity contribution is 0.396. The Balaban J connectivity index is 1.86. The molecule has 0 atom stereocenters. The minimum Gasteiger partial charge on any atom is -0.369 e. The molecule has 1 N–H and O–H groups in total. The first kappa shape index (κ1) is 17.3. The van der Waals surface area contributed by atoms with Crippen molar-refractivity contribution in [1.29, 1.82) is 0 Å². The summed E-state index contributed by atoms with van der Waals surface area (Å²) >= 11 is 0. The van der Waals surface area contributed by atoms with Gasteiger partial charge in [-0.2, -0.15) is 5.10 Å². The molecular formula is C18H23FN6. The lowest BCUT2D eigenvalue weighted by Crippen LogP contribution is -2.14. The van der Waals surface area contributed by atoms with E-state index >= 15 is 0 Å². The molecule has 2 aromatic heterocycles. The molecule has 0 aliphatic heterocycles. The first-order chi connectivity index (χ1) is 12.1. The quantitative estimate of drug-likeness (QED) is 0.669. The van der Waals surface area contributed by atoms with Gasteiger partial charge in [-0.3, -0.25) is 0 Å². The molecule has 0 bridgehead atoms. The molecule has 6 nitrogen and oxygen atoms in total. The summed E-state index contributed by atoms with van der Waals surface area (Å²) in [5.74, 6) is 0.415. The molecule has 0 saturated carbocycles. The number of nitrogens with zero attached hydrogens (tertiary/aromatic N) is 5. The third kappa shape index (κ3) is 3.76. The van der Waals surface area contributed by atoms with Crippen molar-refractivity contribution in [3.8, 4) is 5.69 Å². The van der Waals surface area contributed by atoms with Gasteiger partial charge < -0.3 is 10.2 Å². The van der Waals surface area contributed by atoms with Crippen molar-refractivity contribution in [3.05, 3.63) is 42.1 Å². The molecule has 7 heteroatoms. The fraction of sp³-hybridized carbons (Fsp3) is 0.389. The van der Waals surface area contributed by atoms with Crippen LogP contribution >= 0.6 is 0 Å². The smallest absolute Gasteiger partial charge is 0.168 e. The average Bonchev–Trinajstić information content (AvgIpc) is 2.92. The first-order valence-electron chi connectivity index (χ1n) is 8.41. The largest absolute Gasteiger partial charge is 0.369 e. The van der Waals surface area contributed by atoms with Crippen molar-refractivity contribution in [2.45, 2.75) is 19.8 Å². The summed E-state index contributed by atoms with van der Waals surface area (Å²) in [6.45, 7) is 3.77. The highest BCUT2D eigenvalue weighted by Crippen LogP contribution is 2.26. The number of aromatic nitrogens is 4. The Morgan fingerprint density at radius 3 is 2.72 bits per heavy atom. The number of fused-ring (bicyclic) bond motifs is 1. The second kappa shape index (κ2) is 7.57. The maximum Gasteiger partial charge on any atom is 0.168 e. The van der Waals surface area contributed by atoms with Crippen LogP contribution in [0.5, 0.6) is 0 Å². The van der Waals surface area contributed by atoms with Crippen LogP contribution in [0.3, 0.4) is 0 Å². The van der Waals surface area contributed by atoms with Crippen LogP contribution in [0.1, 0.15) is 18.5 Å². The summed E-state index contributed by atoms with van der Waals surface area (Å²) in [7, 11) is 4.14. The minimum absolute atomic E-state index is 0.330. The zero-order chi connectivity index (χ0) is 17.8. The molecule has 0 fully saturated rings. The third-order valence-electron chi connectivity index (χ3n) is 4.04. The van der Waals surface area contributed by atoms with Crippen LogP contribution in [-0.2, 0) is 0 Å². The van der Waals surface area contributed by atoms with Gasteiger partial charge in [0.2, 0.25) is 0 Å². The number of aryl methyl sites for hydroxylation is 1. The molecule has 3 rings (SSSR count). The lowest BCUT2D eigenvalue weighted by Gasteiger charge is -2.10. The van der Waals surface area contributed by atoms with Gasteiger partial charge in [0, 0.05) is 6.54 Å². The molecule has 0 saturated heterocycles. The Kier molecular flexibility index (Phi) is 5.23. The van der Waals surface area contributed by atoms with Gasteiger partial charge in [0.1, 0.15) is 23.6 Å². The molecule has 0 unspecified atom stereocenters. The Morgan fingerprint density at radius 2 is 1.96 bits per heavy atom. The summed E-state index contributed by atoms with van der Waals surface area (Å²) in [4.78, 5) is 10.8. The van der Waals surface area contributed by atoms with E-state index < -0.39 is 0 Å². The van der Waals surface area contributed by atoms with Gasteiger partial charge >= 0.3 is 0 Å². The number of halogens is 1. The second-order valence-electron chi connectivity index (χ2n) is 6.31. The predicted molar refractivity (Wildman–Crippen MR) is 97.6 cm³/mol. The van der Waals surface area contributed by atoms with Crippen molar-refractivity contribution >= 4 is 16.9 Å². The molecule has 0 amide bonds. The number of para-hydroxylation sites is 1. The third-order valence-corrected chi connectivity index (χ3v) is 4.04. The average molecular weight is 342 g/mol. The fourth-order valence-corrected chi connectivity index (χ4v) is 2.80. The lowest BCUT2D eigenvalue weighted by atomic mass is 10.2. The van der Waals surface area contributed by atoms with E-state index in [1.165, 1.54) is 12.4 Å². The molecule has 0 spiro atoms. The summed E-state index contributed by atoms with van der Waals surface area (Å²) < 4.78 is 15.7. The summed E-state index contributed by atoms with van der Waals surface area (Å²) in [5, 5.41) is 8.67. The van der Waals surface area contributed by atoms with E-state index in [-0.39, 0.29) is 5.82 Å². The van der Waals surface area contributed by atoms with Crippen LogP contribution < -0.4 is 5.32 Å². The van der Waals surface area contributed by atoms with E-state index in [1.807, 2.05) is 6.92 Å². The molecule has 1 aromatic carbocycles. The van der Waals surface area contributed by atoms with Crippen LogP contribution in [0.4, 0.5) is 10.2 Å². The van der Waals surface area contributed by atoms with Gasteiger partial charge in [-0.05, 0) is 52.5 Å². The SMILES string of the molecule is Cc1nn(-c2ccccc2F)c2ncnc(NCCCCN(C)C)c12. The fourth-order valence-electron chi connectivity index (χ4n) is 2.80. The zero-order valence-corrected chi connectivity index (χ0v) is 14.8. The normalized spacial score (nSPS) is 11.4. The molecule has 0 radical (unpaired) electrons. The molecule has 0 aliphatic carbocycles. The van der Waals surface area contributed by atoms with Crippen molar-refractivity contribution < 1.29 is 4.39 Å². The first-order valence-corrected chi connectivity index (χ1v) is 8.41. The van der Waals surface area contributed by atoms with Gasteiger partial charge in [-0.1, -0.05) is 12.1 Å². The van der Waals surface area contributed by atoms with E-state index in [1.54, 1.807) is 22.9 Å². The number of hydrogen-bond donors (Lipinski definition) is 1. The number of benzene rings is 1. The molecule has 2 heterocycles. The van der Waals surface area contributed by atoms with Crippen LogP contribution in [0.15, 0.2) is 30.6 Å². The van der Waals surface area contributed by atoms with E-state index in [2.05, 4.69) is 39.4 Å². The zero-order valence-electron chi connectivity index (χ0n) is 14.8. The minimum atomic E-state index is -0.330. The molecule has 0 aliphatic rings. The second-order valence-corrected chi connectivity index (χ2v) is 6.31. The number of anilines is 1. The van der Waals surface area contributed by atoms with Gasteiger partial charge in [0.05, 0.1) is 11.1 Å². The Morgan fingerprint density at radius 1 is 1.16 bits per heavy atom. The monoisotopic (exact) mass is 342 g/mol. The van der Waals surface area contributed by atoms with E-state index in [0.717, 1.165) is 42.8 Å².